The molecule has 2 nitrogen and oxygen atoms in total. The summed E-state index contributed by atoms with van der Waals surface area (Å²) in [6.07, 6.45) is 0. The van der Waals surface area contributed by atoms with Crippen LogP contribution in [-0.2, 0) is 6.73 Å². The molecule has 3 aromatic rings. The molecule has 0 spiro atoms. The minimum absolute atomic E-state index is 0.0662. The lowest BCUT2D eigenvalue weighted by Crippen LogP contribution is -1.95. The van der Waals surface area contributed by atoms with Crippen molar-refractivity contribution in [1.82, 2.24) is 4.57 Å². The van der Waals surface area contributed by atoms with E-state index >= 15 is 0 Å². The lowest BCUT2D eigenvalue weighted by atomic mass is 10.1. The molecule has 17 heavy (non-hydrogen) atoms. The number of aliphatic hydroxyl groups excluding tert-OH is 1. The highest BCUT2D eigenvalue weighted by molar-refractivity contribution is 6.33. The van der Waals surface area contributed by atoms with Crippen LogP contribution in [0.15, 0.2) is 36.4 Å². The summed E-state index contributed by atoms with van der Waals surface area (Å²) < 4.78 is 1.83. The summed E-state index contributed by atoms with van der Waals surface area (Å²) in [6.45, 7) is -0.0662. The molecule has 0 aliphatic heterocycles. The highest BCUT2D eigenvalue weighted by atomic mass is 35.5. The van der Waals surface area contributed by atoms with Crippen LogP contribution in [-0.4, -0.2) is 9.67 Å². The first kappa shape index (κ1) is 10.9. The van der Waals surface area contributed by atoms with Gasteiger partial charge in [0.1, 0.15) is 6.73 Å². The number of benzene rings is 2. The number of halogens is 2. The zero-order valence-corrected chi connectivity index (χ0v) is 10.3. The monoisotopic (exact) mass is 265 g/mol. The Kier molecular flexibility index (Phi) is 2.51. The molecule has 2 aromatic carbocycles. The molecule has 0 unspecified atom stereocenters. The minimum Gasteiger partial charge on any atom is -0.376 e. The average molecular weight is 266 g/mol. The van der Waals surface area contributed by atoms with E-state index in [1.54, 1.807) is 0 Å². The van der Waals surface area contributed by atoms with Gasteiger partial charge in [0.15, 0.2) is 0 Å². The van der Waals surface area contributed by atoms with Gasteiger partial charge in [0, 0.05) is 20.8 Å². The van der Waals surface area contributed by atoms with Crippen molar-refractivity contribution in [1.29, 1.82) is 0 Å². The molecule has 86 valence electrons. The first-order valence-electron chi connectivity index (χ1n) is 5.18. The predicted molar refractivity (Wildman–Crippen MR) is 71.7 cm³/mol. The molecule has 0 amide bonds. The summed E-state index contributed by atoms with van der Waals surface area (Å²) in [7, 11) is 0. The smallest absolute Gasteiger partial charge is 0.120 e. The van der Waals surface area contributed by atoms with Crippen LogP contribution in [0.4, 0.5) is 0 Å². The Hall–Kier alpha value is -1.22. The van der Waals surface area contributed by atoms with Crippen molar-refractivity contribution in [3.8, 4) is 0 Å². The standard InChI is InChI=1S/C13H9Cl2NO/c14-8-1-3-12-10(5-8)11-6-9(15)2-4-13(11)16(12)7-17/h1-6,17H,7H2. The first-order chi connectivity index (χ1) is 8.20. The van der Waals surface area contributed by atoms with Crippen LogP contribution in [0.2, 0.25) is 10.0 Å². The Balaban J connectivity index is 2.57. The summed E-state index contributed by atoms with van der Waals surface area (Å²) in [6, 6.07) is 11.2. The Morgan fingerprint density at radius 3 is 1.76 bits per heavy atom. The van der Waals surface area contributed by atoms with E-state index in [4.69, 9.17) is 23.2 Å². The van der Waals surface area contributed by atoms with Crippen molar-refractivity contribution in [2.24, 2.45) is 0 Å². The van der Waals surface area contributed by atoms with Crippen molar-refractivity contribution in [3.63, 3.8) is 0 Å². The average Bonchev–Trinajstić information content (AvgIpc) is 2.62. The molecular formula is C13H9Cl2NO. The fourth-order valence-corrected chi connectivity index (χ4v) is 2.55. The van der Waals surface area contributed by atoms with Crippen LogP contribution in [0, 0.1) is 0 Å². The normalized spacial score (nSPS) is 11.5. The van der Waals surface area contributed by atoms with Crippen LogP contribution >= 0.6 is 23.2 Å². The summed E-state index contributed by atoms with van der Waals surface area (Å²) in [4.78, 5) is 0. The molecule has 1 N–H and O–H groups in total. The van der Waals surface area contributed by atoms with E-state index < -0.39 is 0 Å². The molecule has 1 aromatic heterocycles. The Labute approximate surface area is 108 Å². The Bertz CT molecular complexity index is 659. The van der Waals surface area contributed by atoms with E-state index in [9.17, 15) is 5.11 Å². The van der Waals surface area contributed by atoms with E-state index in [2.05, 4.69) is 0 Å². The van der Waals surface area contributed by atoms with Gasteiger partial charge in [-0.15, -0.1) is 0 Å². The van der Waals surface area contributed by atoms with Crippen LogP contribution < -0.4 is 0 Å². The number of nitrogens with zero attached hydrogens (tertiary/aromatic N) is 1. The maximum Gasteiger partial charge on any atom is 0.120 e. The van der Waals surface area contributed by atoms with Crippen molar-refractivity contribution in [2.45, 2.75) is 6.73 Å². The van der Waals surface area contributed by atoms with E-state index in [1.807, 2.05) is 41.0 Å². The maximum absolute atomic E-state index is 9.46. The second-order valence-electron chi connectivity index (χ2n) is 3.89. The largest absolute Gasteiger partial charge is 0.376 e. The minimum atomic E-state index is -0.0662. The molecule has 3 rings (SSSR count). The molecule has 0 atom stereocenters. The van der Waals surface area contributed by atoms with E-state index in [0.717, 1.165) is 21.8 Å². The quantitative estimate of drug-likeness (QED) is 0.706. The van der Waals surface area contributed by atoms with E-state index in [-0.39, 0.29) is 6.73 Å². The molecule has 0 fully saturated rings. The second kappa shape index (κ2) is 3.91. The highest BCUT2D eigenvalue weighted by Gasteiger charge is 2.10. The Morgan fingerprint density at radius 1 is 0.882 bits per heavy atom. The fraction of sp³-hybridized carbons (Fsp3) is 0.0769. The zero-order valence-electron chi connectivity index (χ0n) is 8.82. The van der Waals surface area contributed by atoms with Gasteiger partial charge in [-0.1, -0.05) is 23.2 Å². The van der Waals surface area contributed by atoms with Gasteiger partial charge in [-0.25, -0.2) is 0 Å². The summed E-state index contributed by atoms with van der Waals surface area (Å²) in [5, 5.41) is 12.8. The number of rotatable bonds is 1. The van der Waals surface area contributed by atoms with Crippen LogP contribution in [0.25, 0.3) is 21.8 Å². The summed E-state index contributed by atoms with van der Waals surface area (Å²) in [5.41, 5.74) is 1.91. The maximum atomic E-state index is 9.46. The third kappa shape index (κ3) is 1.61. The van der Waals surface area contributed by atoms with E-state index in [1.165, 1.54) is 0 Å². The molecular weight excluding hydrogens is 257 g/mol. The van der Waals surface area contributed by atoms with Crippen LogP contribution in [0.1, 0.15) is 0 Å². The molecule has 4 heteroatoms. The summed E-state index contributed by atoms with van der Waals surface area (Å²) in [5.74, 6) is 0. The van der Waals surface area contributed by atoms with Crippen molar-refractivity contribution in [3.05, 3.63) is 46.4 Å². The van der Waals surface area contributed by atoms with Gasteiger partial charge in [-0.05, 0) is 36.4 Å². The van der Waals surface area contributed by atoms with Crippen molar-refractivity contribution < 1.29 is 5.11 Å². The molecule has 0 saturated carbocycles. The van der Waals surface area contributed by atoms with Gasteiger partial charge in [0.25, 0.3) is 0 Å². The number of fused-ring (bicyclic) bond motifs is 3. The molecule has 1 heterocycles. The van der Waals surface area contributed by atoms with Crippen LogP contribution in [0.5, 0.6) is 0 Å². The van der Waals surface area contributed by atoms with Crippen molar-refractivity contribution in [2.75, 3.05) is 0 Å². The van der Waals surface area contributed by atoms with E-state index in [0.29, 0.717) is 10.0 Å². The SMILES string of the molecule is OCn1c2ccc(Cl)cc2c2cc(Cl)ccc21. The molecule has 0 aliphatic rings. The second-order valence-corrected chi connectivity index (χ2v) is 4.77. The molecule has 0 bridgehead atoms. The van der Waals surface area contributed by atoms with Gasteiger partial charge in [-0.2, -0.15) is 0 Å². The number of aliphatic hydroxyl groups is 1. The molecule has 0 saturated heterocycles. The summed E-state index contributed by atoms with van der Waals surface area (Å²) >= 11 is 12.0. The third-order valence-electron chi connectivity index (χ3n) is 2.93. The van der Waals surface area contributed by atoms with Crippen molar-refractivity contribution >= 4 is 45.0 Å². The van der Waals surface area contributed by atoms with Gasteiger partial charge in [-0.3, -0.25) is 0 Å². The predicted octanol–water partition coefficient (Wildman–Crippen LogP) is 4.05. The molecule has 0 radical (unpaired) electrons. The van der Waals surface area contributed by atoms with Gasteiger partial charge < -0.3 is 9.67 Å². The zero-order chi connectivity index (χ0) is 12.0. The number of hydrogen-bond acceptors (Lipinski definition) is 1. The topological polar surface area (TPSA) is 25.2 Å². The fourth-order valence-electron chi connectivity index (χ4n) is 2.20. The number of aromatic nitrogens is 1. The highest BCUT2D eigenvalue weighted by Crippen LogP contribution is 2.32. The molecule has 0 aliphatic carbocycles. The lowest BCUT2D eigenvalue weighted by Gasteiger charge is -2.01. The number of hydrogen-bond donors (Lipinski definition) is 1. The van der Waals surface area contributed by atoms with Gasteiger partial charge in [0.2, 0.25) is 0 Å². The third-order valence-corrected chi connectivity index (χ3v) is 3.40. The lowest BCUT2D eigenvalue weighted by molar-refractivity contribution is 0.220. The van der Waals surface area contributed by atoms with Gasteiger partial charge in [0.05, 0.1) is 11.0 Å². The van der Waals surface area contributed by atoms with Gasteiger partial charge >= 0.3 is 0 Å². The van der Waals surface area contributed by atoms with Crippen LogP contribution in [0.3, 0.4) is 0 Å². The first-order valence-corrected chi connectivity index (χ1v) is 5.94. The Morgan fingerprint density at radius 2 is 1.35 bits per heavy atom.